The Morgan fingerprint density at radius 3 is 1.40 bits per heavy atom. The third kappa shape index (κ3) is 5.76. The summed E-state index contributed by atoms with van der Waals surface area (Å²) in [5, 5.41) is 4.27. The van der Waals surface area contributed by atoms with E-state index in [9.17, 15) is 0 Å². The first kappa shape index (κ1) is 32.8. The summed E-state index contributed by atoms with van der Waals surface area (Å²) in [6.45, 7) is 0. The number of anilines is 3. The fourth-order valence-corrected chi connectivity index (χ4v) is 8.28. The lowest BCUT2D eigenvalue weighted by atomic mass is 9.98. The second-order valence-electron chi connectivity index (χ2n) is 14.5. The van der Waals surface area contributed by atoms with Gasteiger partial charge >= 0.3 is 0 Å². The molecular weight excluding hydrogens is 695 g/mol. The largest absolute Gasteiger partial charge is 0.456 e. The fraction of sp³-hybridized carbons (Fsp3) is 0. The number of hydrogen-bond acceptors (Lipinski definition) is 3. The number of furan rings is 2. The lowest BCUT2D eigenvalue weighted by Crippen LogP contribution is -2.10. The van der Waals surface area contributed by atoms with E-state index in [2.05, 4.69) is 205 Å². The Balaban J connectivity index is 1.14. The molecule has 0 saturated carbocycles. The molecule has 0 aliphatic heterocycles. The average Bonchev–Trinajstić information content (AvgIpc) is 3.86. The zero-order chi connectivity index (χ0) is 37.7. The molecule has 0 atom stereocenters. The van der Waals surface area contributed by atoms with Gasteiger partial charge in [-0.3, -0.25) is 0 Å². The van der Waals surface area contributed by atoms with Crippen LogP contribution in [0.1, 0.15) is 0 Å². The Labute approximate surface area is 330 Å². The smallest absolute Gasteiger partial charge is 0.145 e. The molecule has 0 bridgehead atoms. The molecule has 0 aliphatic carbocycles. The molecule has 268 valence electrons. The summed E-state index contributed by atoms with van der Waals surface area (Å²) in [6.07, 6.45) is 0. The number of hydrogen-bond donors (Lipinski definition) is 0. The first-order valence-electron chi connectivity index (χ1n) is 19.3. The van der Waals surface area contributed by atoms with Crippen LogP contribution < -0.4 is 4.90 Å². The second kappa shape index (κ2) is 13.6. The Kier molecular flexibility index (Phi) is 7.82. The predicted molar refractivity (Wildman–Crippen MR) is 237 cm³/mol. The first-order chi connectivity index (χ1) is 28.2. The summed E-state index contributed by atoms with van der Waals surface area (Å²) in [5.74, 6) is 0. The third-order valence-corrected chi connectivity index (χ3v) is 11.1. The van der Waals surface area contributed by atoms with Crippen LogP contribution in [0.2, 0.25) is 0 Å². The summed E-state index contributed by atoms with van der Waals surface area (Å²) < 4.78 is 13.5. The minimum Gasteiger partial charge on any atom is -0.456 e. The molecule has 0 spiro atoms. The van der Waals surface area contributed by atoms with E-state index in [1.54, 1.807) is 0 Å². The van der Waals surface area contributed by atoms with Gasteiger partial charge in [-0.2, -0.15) is 0 Å². The molecule has 2 aromatic heterocycles. The lowest BCUT2D eigenvalue weighted by molar-refractivity contribution is 0.669. The number of nitrogens with zero attached hydrogens (tertiary/aromatic N) is 1. The fourth-order valence-electron chi connectivity index (χ4n) is 8.28. The monoisotopic (exact) mass is 729 g/mol. The van der Waals surface area contributed by atoms with Gasteiger partial charge in [0.1, 0.15) is 22.3 Å². The molecular formula is C54H35NO2. The molecule has 0 aliphatic rings. The Hall–Kier alpha value is -7.62. The molecule has 0 N–H and O–H groups in total. The normalized spacial score (nSPS) is 11.5. The molecule has 0 radical (unpaired) electrons. The van der Waals surface area contributed by atoms with Crippen LogP contribution in [0.3, 0.4) is 0 Å². The van der Waals surface area contributed by atoms with Crippen LogP contribution in [0.5, 0.6) is 0 Å². The standard InChI is InChI=1S/C54H35NO2/c1-5-13-36(14-6-1)39-21-25-43(26-22-39)55(44-27-32-50-48(35-44)46-28-23-41(33-51(46)56-50)37-15-7-2-8-16-37)49-31-30-45(40-19-11-4-12-20-40)54-53(49)47-29-24-42(34-52(47)57-54)38-17-9-3-10-18-38/h1-35H. The zero-order valence-electron chi connectivity index (χ0n) is 31.0. The molecule has 3 nitrogen and oxygen atoms in total. The van der Waals surface area contributed by atoms with Gasteiger partial charge in [0, 0.05) is 33.1 Å². The van der Waals surface area contributed by atoms with Crippen molar-refractivity contribution in [3.63, 3.8) is 0 Å². The van der Waals surface area contributed by atoms with E-state index in [0.717, 1.165) is 99.9 Å². The molecule has 11 aromatic rings. The van der Waals surface area contributed by atoms with Crippen LogP contribution >= 0.6 is 0 Å². The molecule has 0 unspecified atom stereocenters. The second-order valence-corrected chi connectivity index (χ2v) is 14.5. The van der Waals surface area contributed by atoms with Crippen molar-refractivity contribution in [2.75, 3.05) is 4.90 Å². The average molecular weight is 730 g/mol. The number of rotatable bonds is 7. The van der Waals surface area contributed by atoms with Gasteiger partial charge in [0.2, 0.25) is 0 Å². The van der Waals surface area contributed by atoms with Gasteiger partial charge in [-0.05, 0) is 106 Å². The van der Waals surface area contributed by atoms with E-state index in [-0.39, 0.29) is 0 Å². The van der Waals surface area contributed by atoms with Crippen LogP contribution in [0.4, 0.5) is 17.1 Å². The SMILES string of the molecule is c1ccc(-c2ccc(N(c3ccc4oc5cc(-c6ccccc6)ccc5c4c3)c3ccc(-c4ccccc4)c4oc5cc(-c6ccccc6)ccc5c34)cc2)cc1. The minimum absolute atomic E-state index is 0.848. The van der Waals surface area contributed by atoms with Crippen molar-refractivity contribution in [2.24, 2.45) is 0 Å². The Bertz CT molecular complexity index is 3200. The maximum atomic E-state index is 6.96. The summed E-state index contributed by atoms with van der Waals surface area (Å²) in [4.78, 5) is 2.36. The highest BCUT2D eigenvalue weighted by atomic mass is 16.3. The highest BCUT2D eigenvalue weighted by Gasteiger charge is 2.23. The van der Waals surface area contributed by atoms with Crippen LogP contribution in [-0.2, 0) is 0 Å². The van der Waals surface area contributed by atoms with Crippen molar-refractivity contribution in [1.82, 2.24) is 0 Å². The molecule has 11 rings (SSSR count). The van der Waals surface area contributed by atoms with Crippen LogP contribution in [0.25, 0.3) is 88.4 Å². The summed E-state index contributed by atoms with van der Waals surface area (Å²) in [5.41, 5.74) is 15.6. The van der Waals surface area contributed by atoms with E-state index >= 15 is 0 Å². The van der Waals surface area contributed by atoms with Gasteiger partial charge < -0.3 is 13.7 Å². The van der Waals surface area contributed by atoms with Crippen molar-refractivity contribution >= 4 is 60.9 Å². The van der Waals surface area contributed by atoms with Crippen molar-refractivity contribution in [2.45, 2.75) is 0 Å². The van der Waals surface area contributed by atoms with Gasteiger partial charge in [0.15, 0.2) is 0 Å². The van der Waals surface area contributed by atoms with E-state index in [1.807, 2.05) is 12.1 Å². The van der Waals surface area contributed by atoms with Crippen molar-refractivity contribution in [3.8, 4) is 44.5 Å². The third-order valence-electron chi connectivity index (χ3n) is 11.1. The first-order valence-corrected chi connectivity index (χ1v) is 19.3. The van der Waals surface area contributed by atoms with Crippen molar-refractivity contribution < 1.29 is 8.83 Å². The molecule has 0 saturated heterocycles. The molecule has 57 heavy (non-hydrogen) atoms. The predicted octanol–water partition coefficient (Wildman–Crippen LogP) is 15.6. The van der Waals surface area contributed by atoms with Crippen LogP contribution in [-0.4, -0.2) is 0 Å². The highest BCUT2D eigenvalue weighted by molar-refractivity contribution is 6.18. The molecule has 0 fully saturated rings. The van der Waals surface area contributed by atoms with Crippen molar-refractivity contribution in [3.05, 3.63) is 212 Å². The van der Waals surface area contributed by atoms with Crippen LogP contribution in [0, 0.1) is 0 Å². The highest BCUT2D eigenvalue weighted by Crippen LogP contribution is 2.48. The van der Waals surface area contributed by atoms with E-state index < -0.39 is 0 Å². The maximum absolute atomic E-state index is 6.96. The van der Waals surface area contributed by atoms with Gasteiger partial charge in [-0.15, -0.1) is 0 Å². The zero-order valence-corrected chi connectivity index (χ0v) is 31.0. The van der Waals surface area contributed by atoms with E-state index in [0.29, 0.717) is 0 Å². The summed E-state index contributed by atoms with van der Waals surface area (Å²) in [6, 6.07) is 75.0. The lowest BCUT2D eigenvalue weighted by Gasteiger charge is -2.27. The Morgan fingerprint density at radius 1 is 0.298 bits per heavy atom. The quantitative estimate of drug-likeness (QED) is 0.164. The van der Waals surface area contributed by atoms with E-state index in [4.69, 9.17) is 8.83 Å². The molecule has 9 aromatic carbocycles. The van der Waals surface area contributed by atoms with Crippen LogP contribution in [0.15, 0.2) is 221 Å². The minimum atomic E-state index is 0.848. The summed E-state index contributed by atoms with van der Waals surface area (Å²) >= 11 is 0. The number of benzene rings is 9. The van der Waals surface area contributed by atoms with Gasteiger partial charge in [0.05, 0.1) is 11.1 Å². The number of fused-ring (bicyclic) bond motifs is 6. The topological polar surface area (TPSA) is 29.5 Å². The van der Waals surface area contributed by atoms with Gasteiger partial charge in [-0.25, -0.2) is 0 Å². The molecule has 3 heteroatoms. The van der Waals surface area contributed by atoms with Gasteiger partial charge in [-0.1, -0.05) is 146 Å². The van der Waals surface area contributed by atoms with Gasteiger partial charge in [0.25, 0.3) is 0 Å². The maximum Gasteiger partial charge on any atom is 0.145 e. The van der Waals surface area contributed by atoms with E-state index in [1.165, 1.54) is 5.56 Å². The van der Waals surface area contributed by atoms with Crippen molar-refractivity contribution in [1.29, 1.82) is 0 Å². The molecule has 0 amide bonds. The Morgan fingerprint density at radius 2 is 0.789 bits per heavy atom. The summed E-state index contributed by atoms with van der Waals surface area (Å²) in [7, 11) is 0. The molecule has 2 heterocycles.